The summed E-state index contributed by atoms with van der Waals surface area (Å²) in [6.45, 7) is 1.14. The Kier molecular flexibility index (Phi) is 7.11. The molecule has 4 heterocycles. The van der Waals surface area contributed by atoms with Gasteiger partial charge in [0.2, 0.25) is 17.2 Å². The van der Waals surface area contributed by atoms with Crippen LogP contribution in [0.3, 0.4) is 0 Å². The van der Waals surface area contributed by atoms with Gasteiger partial charge in [-0.15, -0.1) is 15.2 Å². The topological polar surface area (TPSA) is 139 Å². The molecule has 0 unspecified atom stereocenters. The maximum Gasteiger partial charge on any atom is 0.417 e. The molecule has 5 rings (SSSR count). The number of benzene rings is 1. The van der Waals surface area contributed by atoms with Crippen LogP contribution in [0.25, 0.3) is 0 Å². The third-order valence-corrected chi connectivity index (χ3v) is 7.12. The fourth-order valence-corrected chi connectivity index (χ4v) is 4.95. The van der Waals surface area contributed by atoms with Gasteiger partial charge in [0.1, 0.15) is 5.69 Å². The van der Waals surface area contributed by atoms with Crippen molar-refractivity contribution in [2.24, 2.45) is 7.05 Å². The average molecular weight is 556 g/mol. The van der Waals surface area contributed by atoms with Crippen LogP contribution in [-0.4, -0.2) is 44.0 Å². The number of hydrogen-bond acceptors (Lipinski definition) is 9. The smallest absolute Gasteiger partial charge is 0.364 e. The number of aryl methyl sites for hydroxylation is 1. The summed E-state index contributed by atoms with van der Waals surface area (Å²) in [5.41, 5.74) is 1.51. The van der Waals surface area contributed by atoms with Gasteiger partial charge in [-0.1, -0.05) is 11.3 Å². The van der Waals surface area contributed by atoms with Crippen LogP contribution in [0, 0.1) is 11.3 Å². The molecule has 0 atom stereocenters. The van der Waals surface area contributed by atoms with E-state index in [1.165, 1.54) is 18.5 Å². The second-order valence-electron chi connectivity index (χ2n) is 8.70. The highest BCUT2D eigenvalue weighted by molar-refractivity contribution is 7.17. The van der Waals surface area contributed by atoms with Gasteiger partial charge in [0, 0.05) is 44.1 Å². The van der Waals surface area contributed by atoms with Crippen molar-refractivity contribution in [3.05, 3.63) is 69.9 Å². The molecule has 0 radical (unpaired) electrons. The molecule has 1 aliphatic heterocycles. The SMILES string of the molecule is Cn1nccc1CCNC(=O)c1nnc(Nc2[nH+]cnc3c2CCN(c2ccc(C#N)c(C(F)(F)F)c2)C3)s1. The van der Waals surface area contributed by atoms with Crippen molar-refractivity contribution in [2.45, 2.75) is 25.6 Å². The number of nitrogens with one attached hydrogen (secondary N) is 3. The van der Waals surface area contributed by atoms with Crippen LogP contribution in [0.15, 0.2) is 36.8 Å². The maximum absolute atomic E-state index is 13.4. The number of nitrogens with zero attached hydrogens (tertiary/aromatic N) is 7. The van der Waals surface area contributed by atoms with Crippen LogP contribution >= 0.6 is 11.3 Å². The lowest BCUT2D eigenvalue weighted by Gasteiger charge is -2.29. The van der Waals surface area contributed by atoms with Crippen molar-refractivity contribution in [2.75, 3.05) is 23.3 Å². The second kappa shape index (κ2) is 10.7. The third-order valence-electron chi connectivity index (χ3n) is 6.29. The standard InChI is InChI=1S/C24H21F3N10OS/c1-36-15(5-8-32-36)4-7-29-21(38)22-34-35-23(39-22)33-20-17-6-9-37(12-19(17)30-13-31-20)16-3-2-14(11-28)18(10-16)24(25,26)27/h2-3,5,8,10,13H,4,6-7,9,12H2,1H3,(H,29,38)(H,30,31,33,35)/p+1. The molecule has 15 heteroatoms. The Balaban J connectivity index is 1.25. The van der Waals surface area contributed by atoms with Crippen molar-refractivity contribution < 1.29 is 22.9 Å². The van der Waals surface area contributed by atoms with E-state index in [9.17, 15) is 18.0 Å². The van der Waals surface area contributed by atoms with E-state index in [1.54, 1.807) is 21.8 Å². The number of aromatic nitrogens is 6. The van der Waals surface area contributed by atoms with Crippen LogP contribution in [-0.2, 0) is 32.6 Å². The first-order valence-corrected chi connectivity index (χ1v) is 12.6. The molecule has 3 N–H and O–H groups in total. The molecule has 200 valence electrons. The number of carbonyl (C=O) groups excluding carboxylic acids is 1. The van der Waals surface area contributed by atoms with E-state index >= 15 is 0 Å². The molecule has 39 heavy (non-hydrogen) atoms. The van der Waals surface area contributed by atoms with Gasteiger partial charge in [-0.25, -0.2) is 10.3 Å². The fourth-order valence-electron chi connectivity index (χ4n) is 4.29. The normalized spacial score (nSPS) is 13.1. The Morgan fingerprint density at radius 2 is 2.13 bits per heavy atom. The van der Waals surface area contributed by atoms with E-state index in [1.807, 2.05) is 13.1 Å². The first-order chi connectivity index (χ1) is 18.7. The molecule has 0 saturated carbocycles. The Morgan fingerprint density at radius 3 is 2.87 bits per heavy atom. The largest absolute Gasteiger partial charge is 0.417 e. The van der Waals surface area contributed by atoms with Crippen molar-refractivity contribution in [1.29, 1.82) is 5.26 Å². The quantitative estimate of drug-likeness (QED) is 0.355. The molecule has 0 fully saturated rings. The average Bonchev–Trinajstić information content (AvgIpc) is 3.56. The molecule has 1 aliphatic rings. The molecule has 11 nitrogen and oxygen atoms in total. The summed E-state index contributed by atoms with van der Waals surface area (Å²) in [5.74, 6) is 0.287. The summed E-state index contributed by atoms with van der Waals surface area (Å²) in [4.78, 5) is 21.7. The monoisotopic (exact) mass is 555 g/mol. The van der Waals surface area contributed by atoms with Gasteiger partial charge in [-0.2, -0.15) is 23.5 Å². The number of aromatic amines is 1. The summed E-state index contributed by atoms with van der Waals surface area (Å²) in [6, 6.07) is 7.19. The lowest BCUT2D eigenvalue weighted by Crippen LogP contribution is -2.33. The third kappa shape index (κ3) is 5.65. The maximum atomic E-state index is 13.4. The second-order valence-corrected chi connectivity index (χ2v) is 9.68. The van der Waals surface area contributed by atoms with Crippen LogP contribution in [0.5, 0.6) is 0 Å². The minimum Gasteiger partial charge on any atom is -0.364 e. The highest BCUT2D eigenvalue weighted by Gasteiger charge is 2.35. The number of H-pyrrole nitrogens is 1. The zero-order valence-electron chi connectivity index (χ0n) is 20.6. The van der Waals surface area contributed by atoms with Crippen LogP contribution < -0.4 is 20.5 Å². The van der Waals surface area contributed by atoms with Crippen molar-refractivity contribution in [1.82, 2.24) is 30.3 Å². The lowest BCUT2D eigenvalue weighted by molar-refractivity contribution is -0.366. The van der Waals surface area contributed by atoms with Crippen molar-refractivity contribution >= 4 is 33.9 Å². The number of fused-ring (bicyclic) bond motifs is 1. The fraction of sp³-hybridized carbons (Fsp3) is 0.292. The van der Waals surface area contributed by atoms with E-state index in [0.29, 0.717) is 48.3 Å². The minimum absolute atomic E-state index is 0.206. The number of halogens is 3. The summed E-state index contributed by atoms with van der Waals surface area (Å²) in [5, 5.41) is 27.8. The highest BCUT2D eigenvalue weighted by Crippen LogP contribution is 2.36. The number of hydrogen-bond donors (Lipinski definition) is 2. The molecule has 1 aromatic carbocycles. The predicted molar refractivity (Wildman–Crippen MR) is 134 cm³/mol. The van der Waals surface area contributed by atoms with E-state index in [4.69, 9.17) is 5.26 Å². The van der Waals surface area contributed by atoms with E-state index in [0.717, 1.165) is 28.7 Å². The van der Waals surface area contributed by atoms with E-state index in [2.05, 4.69) is 35.9 Å². The number of anilines is 3. The Morgan fingerprint density at radius 1 is 1.28 bits per heavy atom. The number of rotatable bonds is 7. The predicted octanol–water partition coefficient (Wildman–Crippen LogP) is 2.65. The van der Waals surface area contributed by atoms with Crippen LogP contribution in [0.4, 0.5) is 29.8 Å². The summed E-state index contributed by atoms with van der Waals surface area (Å²) < 4.78 is 42.0. The number of alkyl halides is 3. The Labute approximate surface area is 224 Å². The molecule has 0 spiro atoms. The van der Waals surface area contributed by atoms with Gasteiger partial charge >= 0.3 is 6.18 Å². The Bertz CT molecular complexity index is 1560. The lowest BCUT2D eigenvalue weighted by atomic mass is 10.0. The molecule has 0 saturated heterocycles. The molecule has 4 aromatic rings. The molecule has 3 aromatic heterocycles. The van der Waals surface area contributed by atoms with Crippen molar-refractivity contribution in [3.63, 3.8) is 0 Å². The molecule has 0 bridgehead atoms. The van der Waals surface area contributed by atoms with E-state index < -0.39 is 17.3 Å². The first-order valence-electron chi connectivity index (χ1n) is 11.8. The van der Waals surface area contributed by atoms with Crippen LogP contribution in [0.1, 0.15) is 37.9 Å². The first kappa shape index (κ1) is 26.0. The molecular weight excluding hydrogens is 533 g/mol. The number of carbonyl (C=O) groups is 1. The summed E-state index contributed by atoms with van der Waals surface area (Å²) in [6.07, 6.45) is -0.332. The molecule has 0 aliphatic carbocycles. The van der Waals surface area contributed by atoms with E-state index in [-0.39, 0.29) is 17.5 Å². The zero-order valence-corrected chi connectivity index (χ0v) is 21.4. The van der Waals surface area contributed by atoms with Gasteiger partial charge in [0.05, 0.1) is 29.3 Å². The molecule has 1 amide bonds. The van der Waals surface area contributed by atoms with Gasteiger partial charge in [-0.05, 0) is 30.7 Å². The zero-order chi connectivity index (χ0) is 27.6. The van der Waals surface area contributed by atoms with Gasteiger partial charge < -0.3 is 10.2 Å². The van der Waals surface area contributed by atoms with Gasteiger partial charge in [0.15, 0.2) is 0 Å². The molecular formula is C24H22F3N10OS+. The Hall–Kier alpha value is -4.58. The summed E-state index contributed by atoms with van der Waals surface area (Å²) in [7, 11) is 1.84. The highest BCUT2D eigenvalue weighted by atomic mass is 32.1. The van der Waals surface area contributed by atoms with Crippen molar-refractivity contribution in [3.8, 4) is 6.07 Å². The number of nitriles is 1. The van der Waals surface area contributed by atoms with Crippen LogP contribution in [0.2, 0.25) is 0 Å². The minimum atomic E-state index is -4.63. The summed E-state index contributed by atoms with van der Waals surface area (Å²) >= 11 is 1.10. The van der Waals surface area contributed by atoms with Gasteiger partial charge in [-0.3, -0.25) is 9.48 Å². The van der Waals surface area contributed by atoms with Gasteiger partial charge in [0.25, 0.3) is 11.0 Å². The number of amides is 1.